The second-order valence-corrected chi connectivity index (χ2v) is 19.4. The maximum atomic E-state index is 14.7. The first-order valence-electron chi connectivity index (χ1n) is 23.3. The second kappa shape index (κ2) is 14.6. The van der Waals surface area contributed by atoms with Gasteiger partial charge in [-0.25, -0.2) is 0 Å². The third-order valence-corrected chi connectivity index (χ3v) is 14.8. The van der Waals surface area contributed by atoms with Gasteiger partial charge in [-0.3, -0.25) is 0 Å². The summed E-state index contributed by atoms with van der Waals surface area (Å²) in [5.74, 6) is -0.146. The number of nitrogens with zero attached hydrogens (tertiary/aromatic N) is 2. The minimum absolute atomic E-state index is 0.112. The molecule has 2 aliphatic carbocycles. The number of anilines is 6. The normalized spacial score (nSPS) is 17.2. The lowest BCUT2D eigenvalue weighted by molar-refractivity contribution is -0.103. The fourth-order valence-corrected chi connectivity index (χ4v) is 11.9. The van der Waals surface area contributed by atoms with E-state index in [4.69, 9.17) is 4.74 Å². The largest absolute Gasteiger partial charge is 0.482 e. The molecule has 330 valence electrons. The zero-order valence-electron chi connectivity index (χ0n) is 37.7. The quantitative estimate of drug-likeness (QED) is 0.175. The summed E-state index contributed by atoms with van der Waals surface area (Å²) in [6, 6.07) is 67.1. The van der Waals surface area contributed by atoms with Gasteiger partial charge in [0.1, 0.15) is 11.9 Å². The zero-order valence-corrected chi connectivity index (χ0v) is 37.7. The van der Waals surface area contributed by atoms with Crippen molar-refractivity contribution in [1.82, 2.24) is 0 Å². The van der Waals surface area contributed by atoms with E-state index in [1.807, 2.05) is 24.3 Å². The summed E-state index contributed by atoms with van der Waals surface area (Å²) in [6.07, 6.45) is -1.24. The van der Waals surface area contributed by atoms with E-state index < -0.39 is 29.2 Å². The van der Waals surface area contributed by atoms with Gasteiger partial charge < -0.3 is 14.5 Å². The Morgan fingerprint density at radius 2 is 1.19 bits per heavy atom. The van der Waals surface area contributed by atoms with Crippen LogP contribution >= 0.6 is 0 Å². The van der Waals surface area contributed by atoms with Crippen molar-refractivity contribution >= 4 is 55.7 Å². The molecule has 2 aliphatic heterocycles. The van der Waals surface area contributed by atoms with Gasteiger partial charge in [-0.2, -0.15) is 13.2 Å². The van der Waals surface area contributed by atoms with Crippen molar-refractivity contribution in [3.05, 3.63) is 245 Å². The van der Waals surface area contributed by atoms with Crippen LogP contribution in [0.2, 0.25) is 0 Å². The molecule has 9 aromatic carbocycles. The molecule has 2 unspecified atom stereocenters. The van der Waals surface area contributed by atoms with E-state index in [-0.39, 0.29) is 5.41 Å². The van der Waals surface area contributed by atoms with Crippen molar-refractivity contribution in [3.8, 4) is 16.9 Å². The number of para-hydroxylation sites is 4. The number of hydrogen-bond acceptors (Lipinski definition) is 3. The van der Waals surface area contributed by atoms with Gasteiger partial charge in [0.2, 0.25) is 0 Å². The maximum Gasteiger partial charge on any atom is 0.416 e. The number of alkyl halides is 3. The number of fused-ring (bicyclic) bond motifs is 16. The van der Waals surface area contributed by atoms with E-state index in [2.05, 4.69) is 200 Å². The Morgan fingerprint density at radius 1 is 0.559 bits per heavy atom. The average molecular weight is 891 g/mol. The first-order chi connectivity index (χ1) is 33.0. The molecule has 2 atom stereocenters. The van der Waals surface area contributed by atoms with Gasteiger partial charge in [-0.05, 0) is 109 Å². The monoisotopic (exact) mass is 890 g/mol. The van der Waals surface area contributed by atoms with Gasteiger partial charge in [-0.15, -0.1) is 0 Å². The molecule has 6 heteroatoms. The summed E-state index contributed by atoms with van der Waals surface area (Å²) in [6.45, 7) is 6.60. The summed E-state index contributed by atoms with van der Waals surface area (Å²) in [5, 5.41) is 4.42. The highest BCUT2D eigenvalue weighted by Crippen LogP contribution is 2.66. The smallest absolute Gasteiger partial charge is 0.416 e. The van der Waals surface area contributed by atoms with E-state index in [1.165, 1.54) is 33.7 Å². The molecular weight excluding hydrogens is 846 g/mol. The Hall–Kier alpha value is -7.83. The lowest BCUT2D eigenvalue weighted by Crippen LogP contribution is -2.36. The van der Waals surface area contributed by atoms with Crippen LogP contribution in [0.4, 0.5) is 47.3 Å². The SMILES string of the molecule is CC(C)(C)c1ccc(N(c2cccc3c2OC2C(C(F)(F)F)=CC=CC32)c2cc3c(c4ccccc24)-c2c(ccc4ccccc24)C32c3ccccc3N(c3ccccc3)c3ccccc32)cc1. The van der Waals surface area contributed by atoms with Crippen molar-refractivity contribution in [2.45, 2.75) is 49.8 Å². The maximum absolute atomic E-state index is 14.7. The Balaban J connectivity index is 1.16. The topological polar surface area (TPSA) is 15.7 Å². The number of ether oxygens (including phenoxy) is 1. The minimum atomic E-state index is -4.55. The average Bonchev–Trinajstić information content (AvgIpc) is 3.89. The fraction of sp³-hybridized carbons (Fsp3) is 0.129. The summed E-state index contributed by atoms with van der Waals surface area (Å²) in [5.41, 5.74) is 13.0. The molecule has 0 radical (unpaired) electrons. The van der Waals surface area contributed by atoms with Crippen molar-refractivity contribution in [3.63, 3.8) is 0 Å². The second-order valence-electron chi connectivity index (χ2n) is 19.4. The predicted molar refractivity (Wildman–Crippen MR) is 271 cm³/mol. The standard InChI is InChI=1S/C62H45F3N2O/c1-60(2,3)39-32-34-41(35-33-39)67(54-30-16-24-46-45-23-15-27-50(62(63,64)65)58(45)68-59(46)54)55-37-51-57(44-22-10-9-21-43(44)55)56-42-20-8-7-17-38(42)31-36-49(56)61(51)47-25-11-13-28-52(47)66(40-18-5-4-6-19-40)53-29-14-12-26-48(53)61/h4-37,45,58H,1-3H3. The van der Waals surface area contributed by atoms with Crippen molar-refractivity contribution in [2.75, 3.05) is 9.80 Å². The van der Waals surface area contributed by atoms with E-state index in [1.54, 1.807) is 0 Å². The van der Waals surface area contributed by atoms with Crippen LogP contribution in [0.3, 0.4) is 0 Å². The molecule has 2 heterocycles. The molecule has 13 rings (SSSR count). The minimum Gasteiger partial charge on any atom is -0.482 e. The third-order valence-electron chi connectivity index (χ3n) is 14.8. The van der Waals surface area contributed by atoms with Crippen LogP contribution in [0.5, 0.6) is 5.75 Å². The van der Waals surface area contributed by atoms with Crippen LogP contribution in [0, 0.1) is 0 Å². The third kappa shape index (κ3) is 5.67. The molecule has 68 heavy (non-hydrogen) atoms. The zero-order chi connectivity index (χ0) is 46.1. The fourth-order valence-electron chi connectivity index (χ4n) is 11.9. The number of allylic oxidation sites excluding steroid dienone is 2. The lowest BCUT2D eigenvalue weighted by atomic mass is 9.64. The Morgan fingerprint density at radius 3 is 1.90 bits per heavy atom. The lowest BCUT2D eigenvalue weighted by Gasteiger charge is -2.45. The van der Waals surface area contributed by atoms with Gasteiger partial charge in [0.15, 0.2) is 0 Å². The number of benzene rings is 9. The van der Waals surface area contributed by atoms with Gasteiger partial charge >= 0.3 is 6.18 Å². The number of hydrogen-bond donors (Lipinski definition) is 0. The van der Waals surface area contributed by atoms with Crippen molar-refractivity contribution < 1.29 is 17.9 Å². The summed E-state index contributed by atoms with van der Waals surface area (Å²) < 4.78 is 50.9. The van der Waals surface area contributed by atoms with E-state index in [0.717, 1.165) is 72.9 Å². The Kier molecular flexibility index (Phi) is 8.67. The van der Waals surface area contributed by atoms with Crippen LogP contribution in [0.1, 0.15) is 60.1 Å². The molecule has 0 bridgehead atoms. The van der Waals surface area contributed by atoms with E-state index in [0.29, 0.717) is 11.4 Å². The van der Waals surface area contributed by atoms with Crippen LogP contribution < -0.4 is 14.5 Å². The van der Waals surface area contributed by atoms with Gasteiger partial charge in [0.05, 0.1) is 33.7 Å². The predicted octanol–water partition coefficient (Wildman–Crippen LogP) is 16.8. The molecule has 9 aromatic rings. The molecule has 3 nitrogen and oxygen atoms in total. The molecule has 4 aliphatic rings. The molecule has 0 N–H and O–H groups in total. The van der Waals surface area contributed by atoms with E-state index >= 15 is 0 Å². The molecule has 0 saturated heterocycles. The summed E-state index contributed by atoms with van der Waals surface area (Å²) >= 11 is 0. The molecular formula is C62H45F3N2O. The molecule has 0 amide bonds. The van der Waals surface area contributed by atoms with Gasteiger partial charge in [-0.1, -0.05) is 179 Å². The first-order valence-corrected chi connectivity index (χ1v) is 23.3. The summed E-state index contributed by atoms with van der Waals surface area (Å²) in [7, 11) is 0. The Bertz CT molecular complexity index is 3550. The van der Waals surface area contributed by atoms with Crippen LogP contribution in [0.15, 0.2) is 212 Å². The molecule has 0 fully saturated rings. The van der Waals surface area contributed by atoms with Gasteiger partial charge in [0.25, 0.3) is 0 Å². The number of rotatable bonds is 4. The first kappa shape index (κ1) is 40.4. The number of halogens is 3. The highest BCUT2D eigenvalue weighted by molar-refractivity contribution is 6.17. The summed E-state index contributed by atoms with van der Waals surface area (Å²) in [4.78, 5) is 4.62. The van der Waals surface area contributed by atoms with Crippen LogP contribution in [0.25, 0.3) is 32.7 Å². The highest BCUT2D eigenvalue weighted by Gasteiger charge is 2.54. The van der Waals surface area contributed by atoms with Crippen LogP contribution in [-0.2, 0) is 10.8 Å². The van der Waals surface area contributed by atoms with Gasteiger partial charge in [0, 0.05) is 28.2 Å². The van der Waals surface area contributed by atoms with Crippen molar-refractivity contribution in [2.24, 2.45) is 0 Å². The van der Waals surface area contributed by atoms with E-state index in [9.17, 15) is 13.2 Å². The Labute approximate surface area is 393 Å². The highest BCUT2D eigenvalue weighted by atomic mass is 19.4. The molecule has 0 aromatic heterocycles. The van der Waals surface area contributed by atoms with Crippen LogP contribution in [-0.4, -0.2) is 12.3 Å². The molecule has 1 spiro atoms. The molecule has 0 saturated carbocycles. The van der Waals surface area contributed by atoms with Crippen molar-refractivity contribution in [1.29, 1.82) is 0 Å².